The summed E-state index contributed by atoms with van der Waals surface area (Å²) >= 11 is 0. The predicted octanol–water partition coefficient (Wildman–Crippen LogP) is 3.78. The maximum Gasteiger partial charge on any atom is 0.171 e. The number of fused-ring (bicyclic) bond motifs is 2. The number of rotatable bonds is 1. The molecule has 1 heterocycles. The van der Waals surface area contributed by atoms with Gasteiger partial charge in [0.2, 0.25) is 0 Å². The van der Waals surface area contributed by atoms with Crippen LogP contribution in [0, 0.1) is 17.3 Å². The smallest absolute Gasteiger partial charge is 0.171 e. The Morgan fingerprint density at radius 1 is 1.28 bits per heavy atom. The molecule has 0 atom stereocenters. The molecular formula is C20H17FO3Si. The van der Waals surface area contributed by atoms with Gasteiger partial charge in [-0.3, -0.25) is 4.79 Å². The number of Topliss-reactive ketones (excluding diaryl/α,β-unsaturated/α-hetero) is 1. The number of ether oxygens (including phenoxy) is 2. The van der Waals surface area contributed by atoms with Crippen LogP contribution in [0.3, 0.4) is 0 Å². The van der Waals surface area contributed by atoms with E-state index in [0.717, 1.165) is 0 Å². The summed E-state index contributed by atoms with van der Waals surface area (Å²) in [5, 5.41) is 0. The quantitative estimate of drug-likeness (QED) is 0.579. The van der Waals surface area contributed by atoms with Gasteiger partial charge in [0.25, 0.3) is 0 Å². The van der Waals surface area contributed by atoms with Gasteiger partial charge < -0.3 is 9.47 Å². The number of hydrogen-bond acceptors (Lipinski definition) is 3. The third-order valence-corrected chi connectivity index (χ3v) is 5.41. The maximum atomic E-state index is 13.5. The minimum atomic E-state index is -0.840. The van der Waals surface area contributed by atoms with Crippen LogP contribution < -0.4 is 9.47 Å². The molecule has 0 bridgehead atoms. The van der Waals surface area contributed by atoms with Crippen molar-refractivity contribution in [3.8, 4) is 28.7 Å². The Hall–Kier alpha value is -2.71. The highest BCUT2D eigenvalue weighted by Gasteiger charge is 2.23. The second-order valence-electron chi connectivity index (χ2n) is 5.72. The minimum Gasteiger partial charge on any atom is -0.495 e. The molecule has 126 valence electrons. The van der Waals surface area contributed by atoms with Gasteiger partial charge in [-0.05, 0) is 30.8 Å². The Kier molecular flexibility index (Phi) is 4.82. The normalized spacial score (nSPS) is 13.0. The standard InChI is InChI=1S/C20H17FO3Si/c1-4-25(3)8-7-13-10-16-17(22)11-14-9-15(21)5-6-18(14)24-20(16)12-19(13)23-2/h4-6,9-10,12H,11H2,1-3H3. The largest absolute Gasteiger partial charge is 0.495 e. The Balaban J connectivity index is 2.11. The van der Waals surface area contributed by atoms with E-state index in [0.29, 0.717) is 33.9 Å². The summed E-state index contributed by atoms with van der Waals surface area (Å²) < 4.78 is 24.7. The first-order valence-corrected chi connectivity index (χ1v) is 9.96. The summed E-state index contributed by atoms with van der Waals surface area (Å²) in [5.74, 6) is 4.02. The van der Waals surface area contributed by atoms with E-state index in [-0.39, 0.29) is 12.2 Å². The summed E-state index contributed by atoms with van der Waals surface area (Å²) in [5.41, 5.74) is 6.92. The van der Waals surface area contributed by atoms with Crippen molar-refractivity contribution in [2.75, 3.05) is 7.11 Å². The molecule has 5 heteroatoms. The fourth-order valence-corrected chi connectivity index (χ4v) is 3.02. The molecule has 3 rings (SSSR count). The lowest BCUT2D eigenvalue weighted by Crippen LogP contribution is -2.03. The Labute approximate surface area is 147 Å². The van der Waals surface area contributed by atoms with E-state index in [1.165, 1.54) is 18.2 Å². The number of benzene rings is 2. The van der Waals surface area contributed by atoms with Gasteiger partial charge in [-0.25, -0.2) is 4.39 Å². The molecule has 0 unspecified atom stereocenters. The summed E-state index contributed by atoms with van der Waals surface area (Å²) in [6.45, 7) is 4.08. The van der Waals surface area contributed by atoms with Crippen LogP contribution in [-0.2, 0) is 6.42 Å². The Morgan fingerprint density at radius 2 is 2.08 bits per heavy atom. The zero-order valence-corrected chi connectivity index (χ0v) is 15.3. The number of carbonyl (C=O) groups excluding carboxylic acids is 1. The molecule has 1 aliphatic heterocycles. The first-order chi connectivity index (χ1) is 12.0. The van der Waals surface area contributed by atoms with Gasteiger partial charge in [-0.1, -0.05) is 18.5 Å². The van der Waals surface area contributed by atoms with Gasteiger partial charge >= 0.3 is 0 Å². The maximum absolute atomic E-state index is 13.5. The van der Waals surface area contributed by atoms with Crippen LogP contribution in [0.1, 0.15) is 28.4 Å². The number of hydrogen-bond donors (Lipinski definition) is 0. The van der Waals surface area contributed by atoms with Crippen molar-refractivity contribution in [1.82, 2.24) is 0 Å². The van der Waals surface area contributed by atoms with Crippen molar-refractivity contribution in [3.05, 3.63) is 52.8 Å². The monoisotopic (exact) mass is 352 g/mol. The van der Waals surface area contributed by atoms with Crippen molar-refractivity contribution >= 4 is 19.9 Å². The zero-order chi connectivity index (χ0) is 18.0. The van der Waals surface area contributed by atoms with Crippen LogP contribution in [0.2, 0.25) is 6.55 Å². The number of ketones is 1. The van der Waals surface area contributed by atoms with Crippen molar-refractivity contribution < 1.29 is 18.7 Å². The van der Waals surface area contributed by atoms with Crippen molar-refractivity contribution in [2.24, 2.45) is 0 Å². The van der Waals surface area contributed by atoms with Gasteiger partial charge in [0, 0.05) is 18.1 Å². The van der Waals surface area contributed by atoms with E-state index in [4.69, 9.17) is 9.47 Å². The van der Waals surface area contributed by atoms with E-state index in [9.17, 15) is 9.18 Å². The first-order valence-electron chi connectivity index (χ1n) is 7.88. The van der Waals surface area contributed by atoms with E-state index in [1.54, 1.807) is 19.2 Å². The molecule has 0 fully saturated rings. The molecule has 25 heavy (non-hydrogen) atoms. The van der Waals surface area contributed by atoms with E-state index in [2.05, 4.69) is 23.7 Å². The number of methoxy groups -OCH3 is 1. The fraction of sp³-hybridized carbons (Fsp3) is 0.200. The van der Waals surface area contributed by atoms with E-state index >= 15 is 0 Å². The fourth-order valence-electron chi connectivity index (χ4n) is 2.54. The molecule has 0 aromatic heterocycles. The van der Waals surface area contributed by atoms with Crippen molar-refractivity contribution in [3.63, 3.8) is 0 Å². The third-order valence-electron chi connectivity index (χ3n) is 4.02. The predicted molar refractivity (Wildman–Crippen MR) is 97.7 cm³/mol. The van der Waals surface area contributed by atoms with E-state index in [1.807, 2.05) is 6.92 Å². The minimum absolute atomic E-state index is 0.0881. The second-order valence-corrected chi connectivity index (χ2v) is 7.92. The van der Waals surface area contributed by atoms with E-state index < -0.39 is 14.2 Å². The lowest BCUT2D eigenvalue weighted by molar-refractivity contribution is 0.0993. The molecule has 0 saturated carbocycles. The zero-order valence-electron chi connectivity index (χ0n) is 14.3. The Bertz CT molecular complexity index is 951. The van der Waals surface area contributed by atoms with Crippen LogP contribution in [-0.4, -0.2) is 27.0 Å². The Morgan fingerprint density at radius 3 is 2.80 bits per heavy atom. The molecular weight excluding hydrogens is 335 g/mol. The highest BCUT2D eigenvalue weighted by Crippen LogP contribution is 2.37. The highest BCUT2D eigenvalue weighted by atomic mass is 28.2. The molecule has 0 spiro atoms. The van der Waals surface area contributed by atoms with Crippen molar-refractivity contribution in [2.45, 2.75) is 19.9 Å². The summed E-state index contributed by atoms with van der Waals surface area (Å²) in [6.07, 6.45) is 0.0881. The molecule has 0 aliphatic carbocycles. The van der Waals surface area contributed by atoms with Gasteiger partial charge in [-0.2, -0.15) is 0 Å². The summed E-state index contributed by atoms with van der Waals surface area (Å²) in [4.78, 5) is 12.6. The molecule has 0 N–H and O–H groups in total. The van der Waals surface area contributed by atoms with Crippen molar-refractivity contribution in [1.29, 1.82) is 0 Å². The average Bonchev–Trinajstić information content (AvgIpc) is 2.74. The highest BCUT2D eigenvalue weighted by molar-refractivity contribution is 6.72. The molecule has 0 amide bonds. The van der Waals surface area contributed by atoms with Crippen LogP contribution >= 0.6 is 0 Å². The average molecular weight is 352 g/mol. The van der Waals surface area contributed by atoms with Gasteiger partial charge in [0.05, 0.1) is 26.6 Å². The number of halogens is 1. The molecule has 0 saturated heterocycles. The topological polar surface area (TPSA) is 35.5 Å². The molecule has 0 radical (unpaired) electrons. The van der Waals surface area contributed by atoms with Gasteiger partial charge in [0.1, 0.15) is 23.1 Å². The molecule has 1 aliphatic rings. The summed E-state index contributed by atoms with van der Waals surface area (Å²) in [6, 6.07) is 7.57. The van der Waals surface area contributed by atoms with Crippen LogP contribution in [0.5, 0.6) is 17.2 Å². The SMILES string of the molecule is CC=[Si](C)C#Cc1cc2c(cc1OC)Oc1ccc(F)cc1CC2=O. The summed E-state index contributed by atoms with van der Waals surface area (Å²) in [7, 11) is 0.714. The lowest BCUT2D eigenvalue weighted by atomic mass is 10.0. The number of carbonyl (C=O) groups is 1. The van der Waals surface area contributed by atoms with Crippen LogP contribution in [0.25, 0.3) is 0 Å². The molecule has 3 nitrogen and oxygen atoms in total. The lowest BCUT2D eigenvalue weighted by Gasteiger charge is -2.11. The first kappa shape index (κ1) is 17.1. The molecule has 2 aromatic rings. The molecule has 2 aromatic carbocycles. The third kappa shape index (κ3) is 3.54. The van der Waals surface area contributed by atoms with Crippen LogP contribution in [0.4, 0.5) is 4.39 Å². The van der Waals surface area contributed by atoms with Gasteiger partial charge in [0.15, 0.2) is 5.78 Å². The van der Waals surface area contributed by atoms with Crippen LogP contribution in [0.15, 0.2) is 30.3 Å². The van der Waals surface area contributed by atoms with Gasteiger partial charge in [-0.15, -0.1) is 5.54 Å². The second kappa shape index (κ2) is 7.04.